The highest BCUT2D eigenvalue weighted by molar-refractivity contribution is 9.09. The van der Waals surface area contributed by atoms with E-state index in [1.165, 1.54) is 0 Å². The number of anilines is 1. The first-order valence-corrected chi connectivity index (χ1v) is 5.92. The number of carbonyl (C=O) groups excluding carboxylic acids is 1. The Bertz CT molecular complexity index is 380. The molecule has 0 saturated heterocycles. The molecule has 0 fully saturated rings. The average Bonchev–Trinajstić information content (AvgIpc) is 2.45. The minimum absolute atomic E-state index is 0.122. The maximum Gasteiger partial charge on any atom is 0.247 e. The van der Waals surface area contributed by atoms with Gasteiger partial charge in [0.15, 0.2) is 0 Å². The van der Waals surface area contributed by atoms with Crippen molar-refractivity contribution in [2.45, 2.75) is 11.8 Å². The van der Waals surface area contributed by atoms with Crippen LogP contribution in [0.3, 0.4) is 0 Å². The second kappa shape index (κ2) is 3.91. The Balaban J connectivity index is 2.47. The minimum atomic E-state index is -0.528. The molecule has 4 heteroatoms. The van der Waals surface area contributed by atoms with Crippen LogP contribution < -0.4 is 5.32 Å². The van der Waals surface area contributed by atoms with Gasteiger partial charge in [-0.25, -0.2) is 0 Å². The number of fused-ring (bicyclic) bond motifs is 1. The van der Waals surface area contributed by atoms with E-state index in [-0.39, 0.29) is 5.91 Å². The third-order valence-electron chi connectivity index (χ3n) is 2.30. The van der Waals surface area contributed by atoms with E-state index in [1.54, 1.807) is 0 Å². The van der Waals surface area contributed by atoms with Crippen LogP contribution in [0.1, 0.15) is 16.5 Å². The van der Waals surface area contributed by atoms with Crippen LogP contribution >= 0.6 is 27.5 Å². The molecule has 1 N–H and O–H groups in total. The summed E-state index contributed by atoms with van der Waals surface area (Å²) < 4.78 is 0. The molecule has 1 aliphatic rings. The van der Waals surface area contributed by atoms with Gasteiger partial charge in [-0.15, -0.1) is 11.6 Å². The fourth-order valence-electron chi connectivity index (χ4n) is 1.67. The van der Waals surface area contributed by atoms with E-state index < -0.39 is 5.38 Å². The van der Waals surface area contributed by atoms with E-state index in [0.29, 0.717) is 0 Å². The Hall–Kier alpha value is -0.540. The largest absolute Gasteiger partial charge is 0.324 e. The fourth-order valence-corrected chi connectivity index (χ4v) is 2.41. The van der Waals surface area contributed by atoms with E-state index in [0.717, 1.165) is 28.6 Å². The molecule has 1 aromatic rings. The summed E-state index contributed by atoms with van der Waals surface area (Å²) in [5, 5.41) is 3.11. The molecule has 1 heterocycles. The zero-order valence-electron chi connectivity index (χ0n) is 7.39. The highest BCUT2D eigenvalue weighted by Crippen LogP contribution is 2.37. The molecule has 1 aromatic carbocycles. The van der Waals surface area contributed by atoms with E-state index in [4.69, 9.17) is 11.6 Å². The van der Waals surface area contributed by atoms with Crippen LogP contribution in [0, 0.1) is 0 Å². The molecule has 74 valence electrons. The standard InChI is InChI=1S/C10H9BrClNO/c11-5-4-6-2-1-3-7-8(6)9(12)10(14)13-7/h1-3,9H,4-5H2,(H,13,14)/t9-/m1/s1. The summed E-state index contributed by atoms with van der Waals surface area (Å²) in [5.74, 6) is -0.122. The summed E-state index contributed by atoms with van der Waals surface area (Å²) in [5.41, 5.74) is 2.93. The molecule has 0 bridgehead atoms. The Morgan fingerprint density at radius 1 is 1.50 bits per heavy atom. The van der Waals surface area contributed by atoms with Crippen LogP contribution in [0.2, 0.25) is 0 Å². The SMILES string of the molecule is O=C1Nc2cccc(CCBr)c2[C@H]1Cl. The van der Waals surface area contributed by atoms with Crippen LogP contribution in [0.25, 0.3) is 0 Å². The van der Waals surface area contributed by atoms with Crippen LogP contribution in [0.4, 0.5) is 5.69 Å². The lowest BCUT2D eigenvalue weighted by Gasteiger charge is -2.06. The molecule has 0 spiro atoms. The second-order valence-electron chi connectivity index (χ2n) is 3.17. The van der Waals surface area contributed by atoms with Crippen LogP contribution in [-0.2, 0) is 11.2 Å². The van der Waals surface area contributed by atoms with Crippen LogP contribution in [0.15, 0.2) is 18.2 Å². The predicted octanol–water partition coefficient (Wildman–Crippen LogP) is 2.86. The molecule has 0 unspecified atom stereocenters. The first kappa shape index (κ1) is 9.99. The monoisotopic (exact) mass is 273 g/mol. The van der Waals surface area contributed by atoms with E-state index in [1.807, 2.05) is 18.2 Å². The molecule has 1 aliphatic heterocycles. The van der Waals surface area contributed by atoms with Gasteiger partial charge < -0.3 is 5.32 Å². The third-order valence-corrected chi connectivity index (χ3v) is 3.11. The number of hydrogen-bond donors (Lipinski definition) is 1. The van der Waals surface area contributed by atoms with Gasteiger partial charge in [0, 0.05) is 16.6 Å². The van der Waals surface area contributed by atoms with Crippen molar-refractivity contribution < 1.29 is 4.79 Å². The molecule has 2 nitrogen and oxygen atoms in total. The van der Waals surface area contributed by atoms with Crippen molar-refractivity contribution in [1.29, 1.82) is 0 Å². The average molecular weight is 275 g/mol. The lowest BCUT2D eigenvalue weighted by Crippen LogP contribution is -2.07. The molecule has 0 radical (unpaired) electrons. The van der Waals surface area contributed by atoms with Crippen molar-refractivity contribution in [3.63, 3.8) is 0 Å². The zero-order valence-corrected chi connectivity index (χ0v) is 9.73. The number of carbonyl (C=O) groups is 1. The lowest BCUT2D eigenvalue weighted by molar-refractivity contribution is -0.115. The van der Waals surface area contributed by atoms with Crippen molar-refractivity contribution in [2.24, 2.45) is 0 Å². The highest BCUT2D eigenvalue weighted by atomic mass is 79.9. The minimum Gasteiger partial charge on any atom is -0.324 e. The third kappa shape index (κ3) is 1.55. The Morgan fingerprint density at radius 3 is 3.00 bits per heavy atom. The summed E-state index contributed by atoms with van der Waals surface area (Å²) in [7, 11) is 0. The smallest absolute Gasteiger partial charge is 0.247 e. The number of amides is 1. The number of aryl methyl sites for hydroxylation is 1. The summed E-state index contributed by atoms with van der Waals surface area (Å²) in [4.78, 5) is 11.3. The number of benzene rings is 1. The molecule has 0 aliphatic carbocycles. The predicted molar refractivity (Wildman–Crippen MR) is 61.2 cm³/mol. The molecular weight excluding hydrogens is 265 g/mol. The first-order chi connectivity index (χ1) is 6.74. The molecule has 2 rings (SSSR count). The zero-order chi connectivity index (χ0) is 10.1. The Labute approximate surface area is 95.8 Å². The van der Waals surface area contributed by atoms with Gasteiger partial charge in [0.25, 0.3) is 0 Å². The van der Waals surface area contributed by atoms with E-state index in [2.05, 4.69) is 21.2 Å². The lowest BCUT2D eigenvalue weighted by atomic mass is 10.0. The van der Waals surface area contributed by atoms with E-state index >= 15 is 0 Å². The van der Waals surface area contributed by atoms with Gasteiger partial charge in [-0.05, 0) is 18.1 Å². The van der Waals surface area contributed by atoms with Crippen molar-refractivity contribution in [2.75, 3.05) is 10.6 Å². The van der Waals surface area contributed by atoms with E-state index in [9.17, 15) is 4.79 Å². The highest BCUT2D eigenvalue weighted by Gasteiger charge is 2.30. The molecule has 14 heavy (non-hydrogen) atoms. The molecule has 1 atom stereocenters. The van der Waals surface area contributed by atoms with Gasteiger partial charge in [-0.3, -0.25) is 4.79 Å². The van der Waals surface area contributed by atoms with Crippen molar-refractivity contribution in [3.8, 4) is 0 Å². The van der Waals surface area contributed by atoms with Gasteiger partial charge >= 0.3 is 0 Å². The van der Waals surface area contributed by atoms with Crippen molar-refractivity contribution >= 4 is 39.1 Å². The number of alkyl halides is 2. The maximum absolute atomic E-state index is 11.3. The second-order valence-corrected chi connectivity index (χ2v) is 4.40. The van der Waals surface area contributed by atoms with Gasteiger partial charge in [-0.2, -0.15) is 0 Å². The van der Waals surface area contributed by atoms with Gasteiger partial charge in [0.2, 0.25) is 5.91 Å². The number of nitrogens with one attached hydrogen (secondary N) is 1. The Kier molecular flexibility index (Phi) is 2.79. The van der Waals surface area contributed by atoms with Crippen molar-refractivity contribution in [3.05, 3.63) is 29.3 Å². The number of rotatable bonds is 2. The molecular formula is C10H9BrClNO. The van der Waals surface area contributed by atoms with Crippen molar-refractivity contribution in [1.82, 2.24) is 0 Å². The van der Waals surface area contributed by atoms with Gasteiger partial charge in [0.05, 0.1) is 0 Å². The molecule has 1 amide bonds. The van der Waals surface area contributed by atoms with Crippen LogP contribution in [0.5, 0.6) is 0 Å². The van der Waals surface area contributed by atoms with Gasteiger partial charge in [0.1, 0.15) is 5.38 Å². The topological polar surface area (TPSA) is 29.1 Å². The number of halogens is 2. The molecule has 0 aromatic heterocycles. The fraction of sp³-hybridized carbons (Fsp3) is 0.300. The molecule has 0 saturated carbocycles. The number of hydrogen-bond acceptors (Lipinski definition) is 1. The van der Waals surface area contributed by atoms with Gasteiger partial charge in [-0.1, -0.05) is 28.1 Å². The maximum atomic E-state index is 11.3. The summed E-state index contributed by atoms with van der Waals surface area (Å²) in [6, 6.07) is 5.83. The summed E-state index contributed by atoms with van der Waals surface area (Å²) >= 11 is 9.39. The van der Waals surface area contributed by atoms with Crippen LogP contribution in [-0.4, -0.2) is 11.2 Å². The normalized spacial score (nSPS) is 19.3. The Morgan fingerprint density at radius 2 is 2.29 bits per heavy atom. The summed E-state index contributed by atoms with van der Waals surface area (Å²) in [6.07, 6.45) is 0.890. The summed E-state index contributed by atoms with van der Waals surface area (Å²) in [6.45, 7) is 0. The quantitative estimate of drug-likeness (QED) is 0.826. The first-order valence-electron chi connectivity index (χ1n) is 4.36.